The summed E-state index contributed by atoms with van der Waals surface area (Å²) in [5.74, 6) is -1.46. The number of hydrogen-bond acceptors (Lipinski definition) is 6. The highest BCUT2D eigenvalue weighted by Crippen LogP contribution is 2.33. The average molecular weight is 547 g/mol. The molecule has 1 N–H and O–H groups in total. The highest BCUT2D eigenvalue weighted by Gasteiger charge is 2.39. The first-order valence-corrected chi connectivity index (χ1v) is 13.9. The van der Waals surface area contributed by atoms with Crippen molar-refractivity contribution < 1.29 is 27.5 Å². The van der Waals surface area contributed by atoms with Crippen LogP contribution in [0.1, 0.15) is 56.0 Å². The molecule has 1 aliphatic rings. The minimum absolute atomic E-state index is 0.000864. The lowest BCUT2D eigenvalue weighted by atomic mass is 10.0. The molecule has 0 spiro atoms. The molecule has 1 heterocycles. The van der Waals surface area contributed by atoms with Gasteiger partial charge in [-0.15, -0.1) is 6.58 Å². The van der Waals surface area contributed by atoms with Crippen LogP contribution in [-0.4, -0.2) is 43.6 Å². The third kappa shape index (κ3) is 7.42. The van der Waals surface area contributed by atoms with E-state index in [1.807, 2.05) is 0 Å². The van der Waals surface area contributed by atoms with Crippen LogP contribution in [0.5, 0.6) is 0 Å². The SMILES string of the molecule is C=CCCCC(=O)c1ccc2c(c1)N(Cc1ccc(Cl)cc1)C(=O)[C@@H](NC(=O)OC(C)(C)C)CS2(=O)=O. The van der Waals surface area contributed by atoms with E-state index >= 15 is 0 Å². The number of anilines is 1. The number of Topliss-reactive ketones (excluding diaryl/α,β-unsaturated/α-hetero) is 1. The lowest BCUT2D eigenvalue weighted by Gasteiger charge is -2.27. The number of sulfone groups is 1. The third-order valence-electron chi connectivity index (χ3n) is 5.61. The lowest BCUT2D eigenvalue weighted by molar-refractivity contribution is -0.120. The summed E-state index contributed by atoms with van der Waals surface area (Å²) < 4.78 is 32.0. The Bertz CT molecular complexity index is 1300. The lowest BCUT2D eigenvalue weighted by Crippen LogP contribution is -2.51. The zero-order chi connectivity index (χ0) is 27.4. The first-order chi connectivity index (χ1) is 17.3. The third-order valence-corrected chi connectivity index (χ3v) is 7.65. The molecular weight excluding hydrogens is 516 g/mol. The highest BCUT2D eigenvalue weighted by atomic mass is 35.5. The molecule has 0 aliphatic carbocycles. The highest BCUT2D eigenvalue weighted by molar-refractivity contribution is 7.91. The largest absolute Gasteiger partial charge is 0.444 e. The molecule has 0 aromatic heterocycles. The smallest absolute Gasteiger partial charge is 0.408 e. The van der Waals surface area contributed by atoms with Crippen molar-refractivity contribution in [2.75, 3.05) is 10.7 Å². The summed E-state index contributed by atoms with van der Waals surface area (Å²) in [5.41, 5.74) is 0.221. The Labute approximate surface area is 222 Å². The molecule has 0 radical (unpaired) electrons. The number of rotatable bonds is 8. The van der Waals surface area contributed by atoms with Crippen molar-refractivity contribution in [3.05, 3.63) is 71.3 Å². The van der Waals surface area contributed by atoms with Gasteiger partial charge in [0.25, 0.3) is 5.91 Å². The normalized spacial score (nSPS) is 16.9. The van der Waals surface area contributed by atoms with Gasteiger partial charge in [0, 0.05) is 17.0 Å². The molecule has 1 aliphatic heterocycles. The molecule has 2 amide bonds. The van der Waals surface area contributed by atoms with Crippen molar-refractivity contribution in [2.24, 2.45) is 0 Å². The number of hydrogen-bond donors (Lipinski definition) is 1. The van der Waals surface area contributed by atoms with E-state index in [0.29, 0.717) is 29.0 Å². The van der Waals surface area contributed by atoms with E-state index in [-0.39, 0.29) is 29.3 Å². The summed E-state index contributed by atoms with van der Waals surface area (Å²) in [5, 5.41) is 2.93. The first-order valence-electron chi connectivity index (χ1n) is 11.9. The molecular formula is C27H31ClN2O6S. The summed E-state index contributed by atoms with van der Waals surface area (Å²) in [6.07, 6.45) is 2.35. The maximum Gasteiger partial charge on any atom is 0.408 e. The molecule has 1 atom stereocenters. The molecule has 8 nitrogen and oxygen atoms in total. The number of allylic oxidation sites excluding steroid dienone is 1. The van der Waals surface area contributed by atoms with E-state index in [9.17, 15) is 22.8 Å². The Morgan fingerprint density at radius 3 is 2.49 bits per heavy atom. The summed E-state index contributed by atoms with van der Waals surface area (Å²) in [7, 11) is -4.02. The summed E-state index contributed by atoms with van der Waals surface area (Å²) in [6, 6.07) is 9.60. The van der Waals surface area contributed by atoms with E-state index in [1.54, 1.807) is 51.1 Å². The van der Waals surface area contributed by atoms with Gasteiger partial charge in [-0.3, -0.25) is 9.59 Å². The molecule has 3 rings (SSSR count). The van der Waals surface area contributed by atoms with Crippen molar-refractivity contribution >= 4 is 44.9 Å². The number of alkyl carbamates (subject to hydrolysis) is 1. The van der Waals surface area contributed by atoms with Crippen molar-refractivity contribution in [2.45, 2.75) is 63.1 Å². The van der Waals surface area contributed by atoms with Crippen LogP contribution in [0.4, 0.5) is 10.5 Å². The Morgan fingerprint density at radius 2 is 1.86 bits per heavy atom. The van der Waals surface area contributed by atoms with Gasteiger partial charge in [-0.2, -0.15) is 0 Å². The van der Waals surface area contributed by atoms with Crippen molar-refractivity contribution in [1.29, 1.82) is 0 Å². The van der Waals surface area contributed by atoms with Gasteiger partial charge < -0.3 is 15.0 Å². The van der Waals surface area contributed by atoms with Gasteiger partial charge in [-0.1, -0.05) is 29.8 Å². The fourth-order valence-corrected chi connectivity index (χ4v) is 5.63. The zero-order valence-electron chi connectivity index (χ0n) is 21.1. The number of amides is 2. The van der Waals surface area contributed by atoms with E-state index < -0.39 is 39.2 Å². The van der Waals surface area contributed by atoms with Gasteiger partial charge >= 0.3 is 6.09 Å². The average Bonchev–Trinajstić information content (AvgIpc) is 2.87. The van der Waals surface area contributed by atoms with Gasteiger partial charge in [0.15, 0.2) is 15.6 Å². The number of carbonyl (C=O) groups is 3. The molecule has 0 bridgehead atoms. The zero-order valence-corrected chi connectivity index (χ0v) is 22.7. The van der Waals surface area contributed by atoms with Crippen LogP contribution in [0.15, 0.2) is 60.0 Å². The van der Waals surface area contributed by atoms with Crippen LogP contribution in [0.25, 0.3) is 0 Å². The summed E-state index contributed by atoms with van der Waals surface area (Å²) in [4.78, 5) is 40.2. The van der Waals surface area contributed by atoms with Gasteiger partial charge in [0.05, 0.1) is 22.9 Å². The molecule has 2 aromatic rings. The molecule has 0 fully saturated rings. The number of ether oxygens (including phenoxy) is 1. The standard InChI is InChI=1S/C27H31ClN2O6S/c1-5-6-7-8-23(31)19-11-14-24-22(15-19)30(16-18-9-12-20(28)13-10-18)25(32)21(17-37(24,34)35)29-26(33)36-27(2,3)4/h5,9-15,21H,1,6-8,16-17H2,2-4H3,(H,29,33)/t21-/m0/s1. The Kier molecular flexibility index (Phi) is 8.81. The monoisotopic (exact) mass is 546 g/mol. The van der Waals surface area contributed by atoms with E-state index in [1.165, 1.54) is 23.1 Å². The topological polar surface area (TPSA) is 110 Å². The number of ketones is 1. The molecule has 37 heavy (non-hydrogen) atoms. The molecule has 0 saturated heterocycles. The molecule has 0 unspecified atom stereocenters. The number of halogens is 1. The number of nitrogens with one attached hydrogen (secondary N) is 1. The second kappa shape index (κ2) is 11.5. The Morgan fingerprint density at radius 1 is 1.19 bits per heavy atom. The van der Waals surface area contributed by atoms with Crippen LogP contribution in [0.3, 0.4) is 0 Å². The maximum atomic E-state index is 13.7. The summed E-state index contributed by atoms with van der Waals surface area (Å²) in [6.45, 7) is 8.64. The van der Waals surface area contributed by atoms with E-state index in [2.05, 4.69) is 11.9 Å². The molecule has 198 valence electrons. The van der Waals surface area contributed by atoms with Gasteiger partial charge in [-0.25, -0.2) is 13.2 Å². The predicted molar refractivity (Wildman–Crippen MR) is 143 cm³/mol. The summed E-state index contributed by atoms with van der Waals surface area (Å²) >= 11 is 6.00. The van der Waals surface area contributed by atoms with E-state index in [4.69, 9.17) is 16.3 Å². The van der Waals surface area contributed by atoms with Crippen LogP contribution in [-0.2, 0) is 25.9 Å². The van der Waals surface area contributed by atoms with Crippen molar-refractivity contribution in [1.82, 2.24) is 5.32 Å². The van der Waals surface area contributed by atoms with E-state index in [0.717, 1.165) is 0 Å². The second-order valence-corrected chi connectivity index (χ2v) is 12.3. The first kappa shape index (κ1) is 28.4. The van der Waals surface area contributed by atoms with Crippen LogP contribution < -0.4 is 10.2 Å². The molecule has 2 aromatic carbocycles. The number of nitrogens with zero attached hydrogens (tertiary/aromatic N) is 1. The fraction of sp³-hybridized carbons (Fsp3) is 0.370. The minimum Gasteiger partial charge on any atom is -0.444 e. The molecule has 0 saturated carbocycles. The van der Waals surface area contributed by atoms with Gasteiger partial charge in [-0.05, 0) is 69.5 Å². The van der Waals surface area contributed by atoms with Gasteiger partial charge in [0.2, 0.25) is 0 Å². The minimum atomic E-state index is -4.02. The fourth-order valence-electron chi connectivity index (χ4n) is 3.89. The predicted octanol–water partition coefficient (Wildman–Crippen LogP) is 5.09. The number of carbonyl (C=O) groups excluding carboxylic acids is 3. The number of fused-ring (bicyclic) bond motifs is 1. The van der Waals surface area contributed by atoms with Crippen LogP contribution in [0.2, 0.25) is 5.02 Å². The van der Waals surface area contributed by atoms with Crippen molar-refractivity contribution in [3.63, 3.8) is 0 Å². The number of benzene rings is 2. The van der Waals surface area contributed by atoms with Crippen LogP contribution >= 0.6 is 11.6 Å². The van der Waals surface area contributed by atoms with Gasteiger partial charge in [0.1, 0.15) is 11.6 Å². The Balaban J connectivity index is 2.06. The number of unbranched alkanes of at least 4 members (excludes halogenated alkanes) is 1. The maximum absolute atomic E-state index is 13.7. The quantitative estimate of drug-likeness (QED) is 0.280. The Hall–Kier alpha value is -3.17. The molecule has 10 heteroatoms. The second-order valence-electron chi connectivity index (χ2n) is 9.82. The van der Waals surface area contributed by atoms with Crippen molar-refractivity contribution in [3.8, 4) is 0 Å². The van der Waals surface area contributed by atoms with Crippen LogP contribution in [0, 0.1) is 0 Å².